The second-order valence-corrected chi connectivity index (χ2v) is 8.73. The zero-order valence-electron chi connectivity index (χ0n) is 17.4. The Hall–Kier alpha value is -4.31. The van der Waals surface area contributed by atoms with Gasteiger partial charge >= 0.3 is 0 Å². The summed E-state index contributed by atoms with van der Waals surface area (Å²) in [6.07, 6.45) is 2.92. The molecule has 0 radical (unpaired) electrons. The van der Waals surface area contributed by atoms with Gasteiger partial charge in [0.05, 0.1) is 15.9 Å². The Labute approximate surface area is 189 Å². The molecular formula is C23H19N5O4S. The van der Waals surface area contributed by atoms with Crippen LogP contribution in [0.2, 0.25) is 0 Å². The average molecular weight is 462 g/mol. The van der Waals surface area contributed by atoms with Crippen LogP contribution in [0, 0.1) is 0 Å². The van der Waals surface area contributed by atoms with Crippen molar-refractivity contribution in [2.45, 2.75) is 11.8 Å². The summed E-state index contributed by atoms with van der Waals surface area (Å²) in [5.74, 6) is -0.949. The number of nitrogens with one attached hydrogen (secondary N) is 1. The summed E-state index contributed by atoms with van der Waals surface area (Å²) in [5, 5.41) is 11.2. The minimum absolute atomic E-state index is 0.0961. The number of benzene rings is 2. The molecule has 33 heavy (non-hydrogen) atoms. The first-order chi connectivity index (χ1) is 15.8. The molecule has 0 spiro atoms. The first kappa shape index (κ1) is 21.9. The van der Waals surface area contributed by atoms with Gasteiger partial charge in [-0.15, -0.1) is 4.40 Å². The predicted octanol–water partition coefficient (Wildman–Crippen LogP) is 3.33. The monoisotopic (exact) mass is 461 g/mol. The number of pyridine rings is 1. The van der Waals surface area contributed by atoms with E-state index in [2.05, 4.69) is 19.3 Å². The van der Waals surface area contributed by atoms with Crippen molar-refractivity contribution in [3.05, 3.63) is 90.0 Å². The quantitative estimate of drug-likeness (QED) is 0.131. The Bertz CT molecular complexity index is 1490. The molecule has 0 bridgehead atoms. The van der Waals surface area contributed by atoms with Gasteiger partial charge in [-0.25, -0.2) is 4.98 Å². The number of sulfonamides is 1. The van der Waals surface area contributed by atoms with Gasteiger partial charge in [-0.05, 0) is 43.3 Å². The third-order valence-corrected chi connectivity index (χ3v) is 6.08. The Kier molecular flexibility index (Phi) is 5.76. The molecule has 2 aromatic carbocycles. The molecule has 0 aliphatic carbocycles. The number of nitrogens with zero attached hydrogens (tertiary/aromatic N) is 3. The molecule has 4 rings (SSSR count). The second-order valence-electron chi connectivity index (χ2n) is 7.13. The molecule has 0 atom stereocenters. The van der Waals surface area contributed by atoms with E-state index in [4.69, 9.17) is 5.73 Å². The number of imidazole rings is 1. The van der Waals surface area contributed by atoms with Crippen molar-refractivity contribution in [3.8, 4) is 0 Å². The molecule has 0 saturated carbocycles. The number of hydrogen-bond acceptors (Lipinski definition) is 6. The highest BCUT2D eigenvalue weighted by Gasteiger charge is 2.24. The fraction of sp³-hybridized carbons (Fsp3) is 0.0435. The molecule has 4 N–H and O–H groups in total. The maximum absolute atomic E-state index is 13.4. The van der Waals surface area contributed by atoms with E-state index in [9.17, 15) is 18.3 Å². The van der Waals surface area contributed by atoms with Gasteiger partial charge in [0, 0.05) is 23.5 Å². The molecule has 0 aliphatic rings. The summed E-state index contributed by atoms with van der Waals surface area (Å²) >= 11 is 0. The van der Waals surface area contributed by atoms with Crippen LogP contribution >= 0.6 is 0 Å². The third-order valence-electron chi connectivity index (χ3n) is 4.70. The van der Waals surface area contributed by atoms with Gasteiger partial charge in [0.15, 0.2) is 0 Å². The van der Waals surface area contributed by atoms with Crippen molar-refractivity contribution in [1.82, 2.24) is 15.0 Å². The predicted molar refractivity (Wildman–Crippen MR) is 125 cm³/mol. The number of allylic oxidation sites excluding steroid dienone is 1. The molecule has 166 valence electrons. The van der Waals surface area contributed by atoms with Crippen LogP contribution in [0.5, 0.6) is 0 Å². The van der Waals surface area contributed by atoms with E-state index in [-0.39, 0.29) is 33.3 Å². The molecule has 2 heterocycles. The zero-order chi connectivity index (χ0) is 23.6. The Balaban J connectivity index is 1.93. The summed E-state index contributed by atoms with van der Waals surface area (Å²) in [5.41, 5.74) is 6.95. The number of aromatic amines is 1. The number of para-hydroxylation sites is 2. The van der Waals surface area contributed by atoms with Crippen LogP contribution in [0.25, 0.3) is 22.4 Å². The Morgan fingerprint density at radius 2 is 1.76 bits per heavy atom. The number of hydrogen-bond donors (Lipinski definition) is 3. The van der Waals surface area contributed by atoms with Crippen molar-refractivity contribution >= 4 is 44.0 Å². The molecular weight excluding hydrogens is 442 g/mol. The topological polar surface area (TPSA) is 151 Å². The molecule has 2 aromatic heterocycles. The van der Waals surface area contributed by atoms with Crippen molar-refractivity contribution in [2.75, 3.05) is 0 Å². The lowest BCUT2D eigenvalue weighted by molar-refractivity contribution is 0.105. The van der Waals surface area contributed by atoms with Crippen molar-refractivity contribution in [1.29, 1.82) is 0 Å². The van der Waals surface area contributed by atoms with E-state index < -0.39 is 21.6 Å². The minimum Gasteiger partial charge on any atom is -0.506 e. The molecule has 0 amide bonds. The summed E-state index contributed by atoms with van der Waals surface area (Å²) in [6.45, 7) is 1.35. The third kappa shape index (κ3) is 4.51. The van der Waals surface area contributed by atoms with Crippen LogP contribution in [-0.4, -0.2) is 40.1 Å². The van der Waals surface area contributed by atoms with E-state index in [1.807, 2.05) is 6.07 Å². The van der Waals surface area contributed by atoms with Crippen LogP contribution in [-0.2, 0) is 10.0 Å². The summed E-state index contributed by atoms with van der Waals surface area (Å²) in [4.78, 5) is 24.6. The fourth-order valence-corrected chi connectivity index (χ4v) is 4.25. The highest BCUT2D eigenvalue weighted by Crippen LogP contribution is 2.29. The number of aliphatic hydroxyl groups excluding tert-OH is 1. The van der Waals surface area contributed by atoms with Gasteiger partial charge in [-0.3, -0.25) is 9.78 Å². The van der Waals surface area contributed by atoms with E-state index >= 15 is 0 Å². The summed E-state index contributed by atoms with van der Waals surface area (Å²) < 4.78 is 28.4. The molecule has 0 saturated heterocycles. The molecule has 9 nitrogen and oxygen atoms in total. The number of nitrogens with two attached hydrogens (primary N) is 1. The number of amidine groups is 1. The van der Waals surface area contributed by atoms with Gasteiger partial charge < -0.3 is 15.8 Å². The van der Waals surface area contributed by atoms with Gasteiger partial charge in [-0.2, -0.15) is 8.42 Å². The van der Waals surface area contributed by atoms with Gasteiger partial charge in [0.1, 0.15) is 23.0 Å². The lowest BCUT2D eigenvalue weighted by Gasteiger charge is -2.10. The number of aromatic nitrogens is 3. The SMILES string of the molecule is CC(N)=NS(=O)(=O)c1cccc(C(O)=C(C(=O)c2ccncc2)c2nc3ccccc3[nH]2)c1. The Morgan fingerprint density at radius 3 is 2.45 bits per heavy atom. The number of ketones is 1. The van der Waals surface area contributed by atoms with Crippen LogP contribution in [0.1, 0.15) is 28.7 Å². The lowest BCUT2D eigenvalue weighted by Crippen LogP contribution is -2.10. The van der Waals surface area contributed by atoms with Crippen LogP contribution in [0.4, 0.5) is 0 Å². The summed E-state index contributed by atoms with van der Waals surface area (Å²) in [6, 6.07) is 15.7. The molecule has 0 aliphatic heterocycles. The molecule has 0 unspecified atom stereocenters. The number of fused-ring (bicyclic) bond motifs is 1. The largest absolute Gasteiger partial charge is 0.506 e. The molecule has 4 aromatic rings. The lowest BCUT2D eigenvalue weighted by atomic mass is 9.99. The van der Waals surface area contributed by atoms with Crippen LogP contribution in [0.3, 0.4) is 0 Å². The first-order valence-electron chi connectivity index (χ1n) is 9.77. The van der Waals surface area contributed by atoms with Gasteiger partial charge in [0.2, 0.25) is 5.78 Å². The van der Waals surface area contributed by atoms with E-state index in [0.29, 0.717) is 11.0 Å². The van der Waals surface area contributed by atoms with E-state index in [1.54, 1.807) is 18.2 Å². The maximum atomic E-state index is 13.4. The first-order valence-corrected chi connectivity index (χ1v) is 11.2. The smallest absolute Gasteiger partial charge is 0.283 e. The average Bonchev–Trinajstić information content (AvgIpc) is 3.22. The zero-order valence-corrected chi connectivity index (χ0v) is 18.2. The minimum atomic E-state index is -4.09. The highest BCUT2D eigenvalue weighted by molar-refractivity contribution is 7.90. The van der Waals surface area contributed by atoms with Crippen molar-refractivity contribution < 1.29 is 18.3 Å². The number of carbonyl (C=O) groups is 1. The second kappa shape index (κ2) is 8.67. The number of aliphatic hydroxyl groups is 1. The van der Waals surface area contributed by atoms with Crippen LogP contribution < -0.4 is 5.73 Å². The number of H-pyrrole nitrogens is 1. The number of carbonyl (C=O) groups excluding carboxylic acids is 1. The standard InChI is InChI=1S/C23H19N5O4S/c1-14(24)28-33(31,32)17-6-4-5-16(13-17)22(30)20(21(29)15-9-11-25-12-10-15)23-26-18-7-2-3-8-19(18)27-23/h2-13,30H,1H3,(H2,24,28)(H,26,27). The number of Topliss-reactive ketones (excluding diaryl/α,β-unsaturated/α-hetero) is 1. The van der Waals surface area contributed by atoms with E-state index in [1.165, 1.54) is 55.7 Å². The Morgan fingerprint density at radius 1 is 1.03 bits per heavy atom. The molecule has 10 heteroatoms. The van der Waals surface area contributed by atoms with Crippen molar-refractivity contribution in [2.24, 2.45) is 10.1 Å². The fourth-order valence-electron chi connectivity index (χ4n) is 3.24. The van der Waals surface area contributed by atoms with Gasteiger partial charge in [0.25, 0.3) is 10.0 Å². The summed E-state index contributed by atoms with van der Waals surface area (Å²) in [7, 11) is -4.09. The normalized spacial score (nSPS) is 13.1. The highest BCUT2D eigenvalue weighted by atomic mass is 32.2. The molecule has 0 fully saturated rings. The van der Waals surface area contributed by atoms with Crippen LogP contribution in [0.15, 0.2) is 82.4 Å². The van der Waals surface area contributed by atoms with Crippen molar-refractivity contribution in [3.63, 3.8) is 0 Å². The maximum Gasteiger partial charge on any atom is 0.283 e. The van der Waals surface area contributed by atoms with E-state index in [0.717, 1.165) is 0 Å². The van der Waals surface area contributed by atoms with Gasteiger partial charge in [-0.1, -0.05) is 24.3 Å². The number of rotatable bonds is 6.